The number of aliphatic hydroxyl groups excluding tert-OH is 1. The molecule has 10 nitrogen and oxygen atoms in total. The van der Waals surface area contributed by atoms with E-state index in [1.54, 1.807) is 19.9 Å². The van der Waals surface area contributed by atoms with Gasteiger partial charge in [-0.2, -0.15) is 0 Å². The number of carbonyl (C=O) groups excluding carboxylic acids is 4. The van der Waals surface area contributed by atoms with Crippen LogP contribution in [0, 0.1) is 5.41 Å². The summed E-state index contributed by atoms with van der Waals surface area (Å²) in [6, 6.07) is 3.08. The Morgan fingerprint density at radius 2 is 1.52 bits per heavy atom. The van der Waals surface area contributed by atoms with E-state index in [-0.39, 0.29) is 37.0 Å². The van der Waals surface area contributed by atoms with Gasteiger partial charge in [0.05, 0.1) is 24.2 Å². The minimum atomic E-state index is -1.28. The zero-order chi connectivity index (χ0) is 35.3. The van der Waals surface area contributed by atoms with E-state index in [9.17, 15) is 24.3 Å². The second-order valence-corrected chi connectivity index (χ2v) is 12.3. The summed E-state index contributed by atoms with van der Waals surface area (Å²) in [6.07, 6.45) is 29.7. The average Bonchev–Trinajstić information content (AvgIpc) is 3.08. The molecule has 0 fully saturated rings. The quantitative estimate of drug-likeness (QED) is 0.0464. The zero-order valence-corrected chi connectivity index (χ0v) is 29.4. The van der Waals surface area contributed by atoms with Crippen LogP contribution in [-0.4, -0.2) is 65.4 Å². The van der Waals surface area contributed by atoms with Crippen molar-refractivity contribution >= 4 is 35.8 Å². The number of esters is 1. The second kappa shape index (κ2) is 27.0. The molecule has 1 heterocycles. The summed E-state index contributed by atoms with van der Waals surface area (Å²) in [5, 5.41) is 15.0. The number of pyridine rings is 1. The number of amides is 2. The molecule has 3 N–H and O–H groups in total. The van der Waals surface area contributed by atoms with Crippen molar-refractivity contribution in [3.63, 3.8) is 0 Å². The molecule has 0 saturated carbocycles. The van der Waals surface area contributed by atoms with Crippen LogP contribution >= 0.6 is 12.0 Å². The van der Waals surface area contributed by atoms with Crippen LogP contribution in [0.15, 0.2) is 85.3 Å². The van der Waals surface area contributed by atoms with Crippen LogP contribution in [0.1, 0.15) is 88.9 Å². The van der Waals surface area contributed by atoms with E-state index in [1.165, 1.54) is 18.5 Å². The van der Waals surface area contributed by atoms with Gasteiger partial charge in [-0.25, -0.2) is 4.79 Å². The number of ether oxygens (including phenoxy) is 1. The third-order valence-electron chi connectivity index (χ3n) is 6.70. The fourth-order valence-electron chi connectivity index (χ4n) is 3.90. The number of aliphatic hydroxyl groups is 1. The highest BCUT2D eigenvalue weighted by Gasteiger charge is 2.38. The second-order valence-electron chi connectivity index (χ2n) is 11.4. The van der Waals surface area contributed by atoms with E-state index in [2.05, 4.69) is 83.3 Å². The lowest BCUT2D eigenvalue weighted by atomic mass is 9.86. The predicted octanol–water partition coefficient (Wildman–Crippen LogP) is 6.36. The lowest BCUT2D eigenvalue weighted by Crippen LogP contribution is -2.48. The number of nitrogens with zero attached hydrogens (tertiary/aromatic N) is 1. The smallest absolute Gasteiger partial charge is 0.340 e. The Morgan fingerprint density at radius 1 is 0.896 bits per heavy atom. The molecule has 48 heavy (non-hydrogen) atoms. The lowest BCUT2D eigenvalue weighted by Gasteiger charge is -2.30. The first-order valence-electron chi connectivity index (χ1n) is 16.5. The highest BCUT2D eigenvalue weighted by molar-refractivity contribution is 7.95. The van der Waals surface area contributed by atoms with E-state index in [1.807, 2.05) is 0 Å². The third kappa shape index (κ3) is 21.0. The van der Waals surface area contributed by atoms with Crippen molar-refractivity contribution in [3.05, 3.63) is 90.9 Å². The molecule has 2 amide bonds. The summed E-state index contributed by atoms with van der Waals surface area (Å²) in [5.41, 5.74) is -0.887. The molecule has 0 spiro atoms. The molecule has 11 heteroatoms. The number of aromatic nitrogens is 1. The number of nitrogens with one attached hydrogen (secondary N) is 2. The maximum absolute atomic E-state index is 12.8. The molecule has 0 bridgehead atoms. The highest BCUT2D eigenvalue weighted by atomic mass is 32.2. The van der Waals surface area contributed by atoms with Crippen molar-refractivity contribution in [2.45, 2.75) is 84.7 Å². The van der Waals surface area contributed by atoms with Gasteiger partial charge in [-0.15, -0.1) is 0 Å². The van der Waals surface area contributed by atoms with Gasteiger partial charge in [-0.1, -0.05) is 81.5 Å². The molecule has 264 valence electrons. The van der Waals surface area contributed by atoms with E-state index >= 15 is 0 Å². The Kier molecular flexibility index (Phi) is 23.7. The van der Waals surface area contributed by atoms with E-state index < -0.39 is 30.0 Å². The van der Waals surface area contributed by atoms with Gasteiger partial charge in [0.2, 0.25) is 5.91 Å². The van der Waals surface area contributed by atoms with Crippen molar-refractivity contribution < 1.29 is 33.2 Å². The molecule has 1 unspecified atom stereocenters. The van der Waals surface area contributed by atoms with Crippen LogP contribution in [0.5, 0.6) is 0 Å². The van der Waals surface area contributed by atoms with Crippen molar-refractivity contribution in [1.29, 1.82) is 0 Å². The van der Waals surface area contributed by atoms with Crippen LogP contribution in [0.25, 0.3) is 0 Å². The topological polar surface area (TPSA) is 144 Å². The molecule has 0 aromatic carbocycles. The van der Waals surface area contributed by atoms with Gasteiger partial charge in [0.1, 0.15) is 0 Å². The largest absolute Gasteiger partial charge is 0.448 e. The van der Waals surface area contributed by atoms with Gasteiger partial charge in [0.15, 0.2) is 6.10 Å². The summed E-state index contributed by atoms with van der Waals surface area (Å²) >= 11 is 0.985. The Labute approximate surface area is 290 Å². The maximum atomic E-state index is 12.8. The first-order chi connectivity index (χ1) is 23.2. The summed E-state index contributed by atoms with van der Waals surface area (Å²) in [6.45, 7) is 5.21. The minimum Gasteiger partial charge on any atom is -0.448 e. The standard InChI is InChI=1S/C37H53N3O7S/c1-4-5-6-7-8-9-10-11-12-13-14-15-16-17-18-19-20-23-33(43)47-48-28-27-39-32(42)24-26-40-35(44)34(37(2,3)30-41)46-36(45)31-22-21-25-38-29-31/h5-6,8-9,11-12,14-15,17-18,21-22,25,29,34,41H,4,7,10,13,16,19-20,23-24,26-28,30H2,1-3H3,(H,39,42)(H,40,44). The molecule has 0 saturated heterocycles. The van der Waals surface area contributed by atoms with Crippen LogP contribution in [-0.2, 0) is 23.3 Å². The van der Waals surface area contributed by atoms with Crippen molar-refractivity contribution in [2.75, 3.05) is 25.4 Å². The van der Waals surface area contributed by atoms with Gasteiger partial charge in [-0.05, 0) is 57.1 Å². The minimum absolute atomic E-state index is 0.00514. The van der Waals surface area contributed by atoms with Crippen molar-refractivity contribution in [3.8, 4) is 0 Å². The Morgan fingerprint density at radius 3 is 2.10 bits per heavy atom. The molecule has 0 aliphatic rings. The van der Waals surface area contributed by atoms with Crippen LogP contribution in [0.4, 0.5) is 0 Å². The van der Waals surface area contributed by atoms with E-state index in [4.69, 9.17) is 8.92 Å². The maximum Gasteiger partial charge on any atom is 0.340 e. The first kappa shape index (κ1) is 42.1. The summed E-state index contributed by atoms with van der Waals surface area (Å²) in [5.74, 6) is -1.58. The number of hydrogen-bond donors (Lipinski definition) is 3. The third-order valence-corrected chi connectivity index (χ3v) is 7.37. The molecule has 1 atom stereocenters. The van der Waals surface area contributed by atoms with Gasteiger partial charge >= 0.3 is 11.9 Å². The number of allylic oxidation sites excluding steroid dienone is 10. The summed E-state index contributed by atoms with van der Waals surface area (Å²) in [4.78, 5) is 53.2. The Balaban J connectivity index is 2.12. The van der Waals surface area contributed by atoms with Crippen LogP contribution in [0.2, 0.25) is 0 Å². The van der Waals surface area contributed by atoms with E-state index in [0.29, 0.717) is 18.6 Å². The molecule has 0 aliphatic carbocycles. The fraction of sp³-hybridized carbons (Fsp3) is 0.486. The molecule has 1 rings (SSSR count). The molecule has 0 aliphatic heterocycles. The number of unbranched alkanes of at least 4 members (excludes halogenated alkanes) is 1. The first-order valence-corrected chi connectivity index (χ1v) is 17.5. The van der Waals surface area contributed by atoms with Crippen molar-refractivity contribution in [2.24, 2.45) is 5.41 Å². The normalized spacial score (nSPS) is 12.8. The number of rotatable bonds is 25. The number of carbonyl (C=O) groups is 4. The van der Waals surface area contributed by atoms with Gasteiger partial charge in [0.25, 0.3) is 5.91 Å². The number of hydrogen-bond acceptors (Lipinski definition) is 9. The monoisotopic (exact) mass is 683 g/mol. The molecular weight excluding hydrogens is 630 g/mol. The molecular formula is C37H53N3O7S. The molecule has 1 aromatic heterocycles. The van der Waals surface area contributed by atoms with E-state index in [0.717, 1.165) is 50.6 Å². The lowest BCUT2D eigenvalue weighted by molar-refractivity contribution is -0.138. The average molecular weight is 684 g/mol. The van der Waals surface area contributed by atoms with Gasteiger partial charge in [0, 0.05) is 49.5 Å². The predicted molar refractivity (Wildman–Crippen MR) is 192 cm³/mol. The van der Waals surface area contributed by atoms with Crippen LogP contribution < -0.4 is 10.6 Å². The Hall–Kier alpha value is -3.96. The van der Waals surface area contributed by atoms with Gasteiger partial charge in [-0.3, -0.25) is 19.4 Å². The SMILES string of the molecule is CCC=CCC=CCC=CCC=CCC=CCCCC(=O)OSCCNC(=O)CCNC(=O)C(OC(=O)c1cccnc1)C(C)(C)CO. The van der Waals surface area contributed by atoms with Crippen LogP contribution in [0.3, 0.4) is 0 Å². The highest BCUT2D eigenvalue weighted by Crippen LogP contribution is 2.24. The van der Waals surface area contributed by atoms with Crippen molar-refractivity contribution in [1.82, 2.24) is 15.6 Å². The fourth-order valence-corrected chi connectivity index (χ4v) is 4.39. The zero-order valence-electron chi connectivity index (χ0n) is 28.6. The summed E-state index contributed by atoms with van der Waals surface area (Å²) in [7, 11) is 0. The molecule has 0 radical (unpaired) electrons. The Bertz CT molecular complexity index is 1230. The van der Waals surface area contributed by atoms with Gasteiger partial charge < -0.3 is 24.7 Å². The summed E-state index contributed by atoms with van der Waals surface area (Å²) < 4.78 is 10.5. The molecule has 1 aromatic rings.